The summed E-state index contributed by atoms with van der Waals surface area (Å²) in [5, 5.41) is 0. The summed E-state index contributed by atoms with van der Waals surface area (Å²) >= 11 is 15.9. The number of nitrogens with one attached hydrogen (secondary N) is 1. The predicted molar refractivity (Wildman–Crippen MR) is 43.2 cm³/mol. The SMILES string of the molecule is C=CCC(Cl)(Cl)C(=O)NCl. The molecule has 0 saturated carbocycles. The lowest BCUT2D eigenvalue weighted by molar-refractivity contribution is -0.119. The molecule has 0 rings (SSSR count). The molecule has 0 aromatic carbocycles. The van der Waals surface area contributed by atoms with E-state index in [1.807, 2.05) is 4.84 Å². The van der Waals surface area contributed by atoms with E-state index in [0.29, 0.717) is 0 Å². The molecule has 0 saturated heterocycles. The first kappa shape index (κ1) is 10.1. The molecule has 0 aliphatic heterocycles. The Balaban J connectivity index is 4.08. The molecule has 1 amide bonds. The van der Waals surface area contributed by atoms with Crippen molar-refractivity contribution >= 4 is 40.9 Å². The zero-order valence-electron chi connectivity index (χ0n) is 5.03. The predicted octanol–water partition coefficient (Wildman–Crippen LogP) is 2.01. The molecule has 0 aromatic heterocycles. The van der Waals surface area contributed by atoms with Crippen molar-refractivity contribution in [3.05, 3.63) is 12.7 Å². The topological polar surface area (TPSA) is 29.1 Å². The summed E-state index contributed by atoms with van der Waals surface area (Å²) in [6, 6.07) is 0. The van der Waals surface area contributed by atoms with Gasteiger partial charge in [0.1, 0.15) is 0 Å². The van der Waals surface area contributed by atoms with Crippen LogP contribution in [0, 0.1) is 0 Å². The molecular weight excluding hydrogens is 196 g/mol. The van der Waals surface area contributed by atoms with E-state index >= 15 is 0 Å². The maximum atomic E-state index is 10.7. The Hall–Kier alpha value is 0.0800. The quantitative estimate of drug-likeness (QED) is 0.423. The molecule has 0 aromatic rings. The van der Waals surface area contributed by atoms with Crippen LogP contribution in [-0.4, -0.2) is 10.2 Å². The largest absolute Gasteiger partial charge is 0.271 e. The lowest BCUT2D eigenvalue weighted by Crippen LogP contribution is -2.32. The van der Waals surface area contributed by atoms with Crippen molar-refractivity contribution < 1.29 is 4.79 Å². The standard InChI is InChI=1S/C5H6Cl3NO/c1-2-3-5(6,7)4(10)9-8/h2H,1,3H2,(H,9,10). The van der Waals surface area contributed by atoms with Crippen LogP contribution in [0.2, 0.25) is 0 Å². The number of alkyl halides is 2. The van der Waals surface area contributed by atoms with Crippen LogP contribution in [0.25, 0.3) is 0 Å². The van der Waals surface area contributed by atoms with Gasteiger partial charge in [0.25, 0.3) is 5.91 Å². The number of hydrogen-bond donors (Lipinski definition) is 1. The second-order valence-corrected chi connectivity index (χ2v) is 3.29. The van der Waals surface area contributed by atoms with Gasteiger partial charge in [-0.25, -0.2) is 0 Å². The third-order valence-electron chi connectivity index (χ3n) is 0.819. The van der Waals surface area contributed by atoms with Gasteiger partial charge < -0.3 is 0 Å². The Morgan fingerprint density at radius 1 is 1.70 bits per heavy atom. The highest BCUT2D eigenvalue weighted by molar-refractivity contribution is 6.59. The molecular formula is C5H6Cl3NO. The normalized spacial score (nSPS) is 10.7. The molecule has 0 heterocycles. The third kappa shape index (κ3) is 2.78. The van der Waals surface area contributed by atoms with Gasteiger partial charge in [-0.3, -0.25) is 9.63 Å². The van der Waals surface area contributed by atoms with Gasteiger partial charge in [0, 0.05) is 18.2 Å². The maximum absolute atomic E-state index is 10.7. The monoisotopic (exact) mass is 201 g/mol. The average molecular weight is 202 g/mol. The molecule has 5 heteroatoms. The molecule has 0 aliphatic rings. The number of hydrogen-bond acceptors (Lipinski definition) is 1. The molecule has 2 nitrogen and oxygen atoms in total. The van der Waals surface area contributed by atoms with Crippen LogP contribution in [0.4, 0.5) is 0 Å². The zero-order valence-corrected chi connectivity index (χ0v) is 7.30. The Labute approximate surface area is 74.2 Å². The van der Waals surface area contributed by atoms with Gasteiger partial charge in [-0.15, -0.1) is 6.58 Å². The van der Waals surface area contributed by atoms with Gasteiger partial charge in [0.2, 0.25) is 0 Å². The van der Waals surface area contributed by atoms with Gasteiger partial charge in [-0.1, -0.05) is 29.3 Å². The van der Waals surface area contributed by atoms with Gasteiger partial charge in [0.05, 0.1) is 0 Å². The molecule has 0 unspecified atom stereocenters. The Morgan fingerprint density at radius 3 is 2.50 bits per heavy atom. The highest BCUT2D eigenvalue weighted by Crippen LogP contribution is 2.25. The maximum Gasteiger partial charge on any atom is 0.271 e. The molecule has 0 atom stereocenters. The summed E-state index contributed by atoms with van der Waals surface area (Å²) in [4.78, 5) is 12.5. The number of rotatable bonds is 3. The minimum Gasteiger partial charge on any atom is -0.270 e. The van der Waals surface area contributed by atoms with E-state index in [9.17, 15) is 4.79 Å². The number of amides is 1. The molecule has 0 radical (unpaired) electrons. The fourth-order valence-electron chi connectivity index (χ4n) is 0.343. The zero-order chi connectivity index (χ0) is 8.20. The third-order valence-corrected chi connectivity index (χ3v) is 1.64. The Bertz CT molecular complexity index is 146. The minimum absolute atomic E-state index is 0.161. The van der Waals surface area contributed by atoms with E-state index in [1.54, 1.807) is 0 Å². The molecule has 58 valence electrons. The molecule has 0 fully saturated rings. The van der Waals surface area contributed by atoms with Crippen LogP contribution in [-0.2, 0) is 4.79 Å². The highest BCUT2D eigenvalue weighted by Gasteiger charge is 2.31. The summed E-state index contributed by atoms with van der Waals surface area (Å²) in [5.74, 6) is -0.641. The second-order valence-electron chi connectivity index (χ2n) is 1.62. The van der Waals surface area contributed by atoms with Gasteiger partial charge in [-0.2, -0.15) is 0 Å². The van der Waals surface area contributed by atoms with Crippen LogP contribution < -0.4 is 4.84 Å². The number of carbonyl (C=O) groups is 1. The van der Waals surface area contributed by atoms with Crippen LogP contribution >= 0.6 is 35.0 Å². The molecule has 10 heavy (non-hydrogen) atoms. The Morgan fingerprint density at radius 2 is 2.20 bits per heavy atom. The molecule has 0 aliphatic carbocycles. The van der Waals surface area contributed by atoms with E-state index in [-0.39, 0.29) is 6.42 Å². The first-order valence-corrected chi connectivity index (χ1v) is 3.58. The average Bonchev–Trinajstić information content (AvgIpc) is 1.86. The van der Waals surface area contributed by atoms with Crippen molar-refractivity contribution in [3.63, 3.8) is 0 Å². The molecule has 0 spiro atoms. The summed E-state index contributed by atoms with van der Waals surface area (Å²) in [7, 11) is 0. The van der Waals surface area contributed by atoms with Crippen molar-refractivity contribution in [3.8, 4) is 0 Å². The van der Waals surface area contributed by atoms with Gasteiger partial charge in [0.15, 0.2) is 4.33 Å². The lowest BCUT2D eigenvalue weighted by atomic mass is 10.3. The fourth-order valence-corrected chi connectivity index (χ4v) is 0.914. The highest BCUT2D eigenvalue weighted by atomic mass is 35.5. The van der Waals surface area contributed by atoms with Crippen molar-refractivity contribution in [2.24, 2.45) is 0 Å². The number of allylic oxidation sites excluding steroid dienone is 1. The van der Waals surface area contributed by atoms with Crippen molar-refractivity contribution in [1.82, 2.24) is 4.84 Å². The Kier molecular flexibility index (Phi) is 4.09. The van der Waals surface area contributed by atoms with Crippen molar-refractivity contribution in [2.75, 3.05) is 0 Å². The van der Waals surface area contributed by atoms with Crippen molar-refractivity contribution in [1.29, 1.82) is 0 Å². The van der Waals surface area contributed by atoms with E-state index in [1.165, 1.54) is 6.08 Å². The summed E-state index contributed by atoms with van der Waals surface area (Å²) in [5.41, 5.74) is 0. The minimum atomic E-state index is -1.50. The van der Waals surface area contributed by atoms with E-state index < -0.39 is 10.2 Å². The van der Waals surface area contributed by atoms with Gasteiger partial charge in [-0.05, 0) is 0 Å². The van der Waals surface area contributed by atoms with E-state index in [4.69, 9.17) is 35.0 Å². The number of halogens is 3. The first-order valence-electron chi connectivity index (χ1n) is 2.44. The van der Waals surface area contributed by atoms with Crippen LogP contribution in [0.3, 0.4) is 0 Å². The number of carbonyl (C=O) groups excluding carboxylic acids is 1. The van der Waals surface area contributed by atoms with Gasteiger partial charge >= 0.3 is 0 Å². The summed E-state index contributed by atoms with van der Waals surface area (Å²) in [6.45, 7) is 3.37. The smallest absolute Gasteiger partial charge is 0.270 e. The molecule has 0 bridgehead atoms. The van der Waals surface area contributed by atoms with Crippen LogP contribution in [0.15, 0.2) is 12.7 Å². The van der Waals surface area contributed by atoms with Crippen LogP contribution in [0.5, 0.6) is 0 Å². The lowest BCUT2D eigenvalue weighted by Gasteiger charge is -2.13. The van der Waals surface area contributed by atoms with E-state index in [0.717, 1.165) is 0 Å². The molecule has 1 N–H and O–H groups in total. The van der Waals surface area contributed by atoms with Crippen molar-refractivity contribution in [2.45, 2.75) is 10.8 Å². The summed E-state index contributed by atoms with van der Waals surface area (Å²) < 4.78 is -1.50. The fraction of sp³-hybridized carbons (Fsp3) is 0.400. The van der Waals surface area contributed by atoms with E-state index in [2.05, 4.69) is 6.58 Å². The second kappa shape index (κ2) is 4.06. The summed E-state index contributed by atoms with van der Waals surface area (Å²) in [6.07, 6.45) is 1.60. The van der Waals surface area contributed by atoms with Crippen LogP contribution in [0.1, 0.15) is 6.42 Å². The first-order chi connectivity index (χ1) is 4.54.